The fourth-order valence-corrected chi connectivity index (χ4v) is 4.69. The van der Waals surface area contributed by atoms with Crippen molar-refractivity contribution < 1.29 is 13.2 Å². The molecule has 1 aliphatic rings. The minimum Gasteiger partial charge on any atom is -0.497 e. The second-order valence-corrected chi connectivity index (χ2v) is 8.44. The van der Waals surface area contributed by atoms with Crippen LogP contribution in [-0.4, -0.2) is 40.1 Å². The van der Waals surface area contributed by atoms with E-state index in [2.05, 4.69) is 14.6 Å². The second kappa shape index (κ2) is 7.50. The van der Waals surface area contributed by atoms with Gasteiger partial charge in [0.15, 0.2) is 5.13 Å². The molecule has 1 N–H and O–H groups in total. The first-order valence-electron chi connectivity index (χ1n) is 7.86. The van der Waals surface area contributed by atoms with Crippen LogP contribution in [-0.2, 0) is 10.0 Å². The quantitative estimate of drug-likeness (QED) is 0.849. The number of thiazole rings is 1. The summed E-state index contributed by atoms with van der Waals surface area (Å²) in [4.78, 5) is 6.81. The van der Waals surface area contributed by atoms with Crippen LogP contribution < -0.4 is 14.4 Å². The molecule has 0 spiro atoms. The van der Waals surface area contributed by atoms with Gasteiger partial charge in [0.2, 0.25) is 10.0 Å². The van der Waals surface area contributed by atoms with Gasteiger partial charge < -0.3 is 9.64 Å². The van der Waals surface area contributed by atoms with Gasteiger partial charge in [-0.3, -0.25) is 0 Å². The molecule has 1 unspecified atom stereocenters. The molecule has 3 rings (SSSR count). The van der Waals surface area contributed by atoms with Gasteiger partial charge in [0, 0.05) is 37.3 Å². The van der Waals surface area contributed by atoms with E-state index in [-0.39, 0.29) is 10.8 Å². The number of methoxy groups -OCH3 is 1. The topological polar surface area (TPSA) is 71.5 Å². The number of aromatic nitrogens is 1. The molecule has 0 amide bonds. The third kappa shape index (κ3) is 4.06. The lowest BCUT2D eigenvalue weighted by Crippen LogP contribution is -2.41. The first-order valence-corrected chi connectivity index (χ1v) is 10.2. The highest BCUT2D eigenvalue weighted by atomic mass is 32.2. The maximum atomic E-state index is 12.5. The summed E-state index contributed by atoms with van der Waals surface area (Å²) in [5.74, 6) is 0.813. The van der Waals surface area contributed by atoms with E-state index < -0.39 is 10.0 Å². The van der Waals surface area contributed by atoms with Gasteiger partial charge >= 0.3 is 0 Å². The summed E-state index contributed by atoms with van der Waals surface area (Å²) in [6, 6.07) is 6.52. The minimum absolute atomic E-state index is 0.231. The standard InChI is InChI=1S/C16H21N3O3S2/c1-22-14-5-2-6-15(10-14)24(20,21)18-11-13-4-3-8-19(12-13)16-17-7-9-23-16/h2,5-7,9-10,13,18H,3-4,8,11-12H2,1H3. The minimum atomic E-state index is -3.53. The van der Waals surface area contributed by atoms with E-state index in [1.807, 2.05) is 5.38 Å². The van der Waals surface area contributed by atoms with Crippen LogP contribution in [0.15, 0.2) is 40.7 Å². The van der Waals surface area contributed by atoms with E-state index in [9.17, 15) is 8.42 Å². The lowest BCUT2D eigenvalue weighted by molar-refractivity contribution is 0.409. The van der Waals surface area contributed by atoms with Crippen LogP contribution in [0.5, 0.6) is 5.75 Å². The molecule has 0 bridgehead atoms. The predicted octanol–water partition coefficient (Wildman–Crippen LogP) is 2.35. The zero-order chi connectivity index (χ0) is 17.0. The molecule has 1 aliphatic heterocycles. The molecule has 1 fully saturated rings. The van der Waals surface area contributed by atoms with Gasteiger partial charge in [-0.2, -0.15) is 0 Å². The van der Waals surface area contributed by atoms with Crippen molar-refractivity contribution in [1.29, 1.82) is 0 Å². The Balaban J connectivity index is 1.61. The number of nitrogens with zero attached hydrogens (tertiary/aromatic N) is 2. The molecular weight excluding hydrogens is 346 g/mol. The van der Waals surface area contributed by atoms with Gasteiger partial charge in [0.25, 0.3) is 0 Å². The Kier molecular flexibility index (Phi) is 5.37. The summed E-state index contributed by atoms with van der Waals surface area (Å²) >= 11 is 1.62. The summed E-state index contributed by atoms with van der Waals surface area (Å²) in [7, 11) is -2.00. The van der Waals surface area contributed by atoms with Crippen LogP contribution >= 0.6 is 11.3 Å². The number of piperidine rings is 1. The second-order valence-electron chi connectivity index (χ2n) is 5.80. The normalized spacial score (nSPS) is 18.5. The SMILES string of the molecule is COc1cccc(S(=O)(=O)NCC2CCCN(c3nccs3)C2)c1. The van der Waals surface area contributed by atoms with Gasteiger partial charge in [-0.15, -0.1) is 11.3 Å². The number of sulfonamides is 1. The highest BCUT2D eigenvalue weighted by Gasteiger charge is 2.23. The van der Waals surface area contributed by atoms with E-state index in [1.54, 1.807) is 35.7 Å². The van der Waals surface area contributed by atoms with Crippen molar-refractivity contribution in [2.45, 2.75) is 17.7 Å². The zero-order valence-corrected chi connectivity index (χ0v) is 15.1. The van der Waals surface area contributed by atoms with Crippen molar-refractivity contribution in [3.05, 3.63) is 35.8 Å². The Morgan fingerprint density at radius 3 is 3.08 bits per heavy atom. The Morgan fingerprint density at radius 2 is 2.33 bits per heavy atom. The third-order valence-corrected chi connectivity index (χ3v) is 6.38. The molecule has 130 valence electrons. The van der Waals surface area contributed by atoms with Gasteiger partial charge in [0.1, 0.15) is 5.75 Å². The summed E-state index contributed by atoms with van der Waals surface area (Å²) in [5, 5.41) is 2.97. The maximum absolute atomic E-state index is 12.5. The monoisotopic (exact) mass is 367 g/mol. The van der Waals surface area contributed by atoms with Gasteiger partial charge in [-0.25, -0.2) is 18.1 Å². The molecule has 6 nitrogen and oxygen atoms in total. The molecular formula is C16H21N3O3S2. The number of hydrogen-bond donors (Lipinski definition) is 1. The van der Waals surface area contributed by atoms with Crippen LogP contribution in [0.1, 0.15) is 12.8 Å². The number of nitrogens with one attached hydrogen (secondary N) is 1. The van der Waals surface area contributed by atoms with E-state index in [1.165, 1.54) is 13.2 Å². The van der Waals surface area contributed by atoms with Crippen LogP contribution in [0.2, 0.25) is 0 Å². The van der Waals surface area contributed by atoms with E-state index in [4.69, 9.17) is 4.74 Å². The van der Waals surface area contributed by atoms with E-state index in [0.29, 0.717) is 12.3 Å². The molecule has 0 saturated carbocycles. The lowest BCUT2D eigenvalue weighted by atomic mass is 9.99. The third-order valence-electron chi connectivity index (χ3n) is 4.12. The molecule has 1 atom stereocenters. The first-order chi connectivity index (χ1) is 11.6. The van der Waals surface area contributed by atoms with E-state index >= 15 is 0 Å². The Labute approximate surface area is 146 Å². The zero-order valence-electron chi connectivity index (χ0n) is 13.5. The van der Waals surface area contributed by atoms with Gasteiger partial charge in [-0.1, -0.05) is 6.07 Å². The van der Waals surface area contributed by atoms with Crippen molar-refractivity contribution in [1.82, 2.24) is 9.71 Å². The number of anilines is 1. The Bertz CT molecular complexity index is 763. The van der Waals surface area contributed by atoms with Crippen LogP contribution in [0.4, 0.5) is 5.13 Å². The summed E-state index contributed by atoms with van der Waals surface area (Å²) in [5.41, 5.74) is 0. The smallest absolute Gasteiger partial charge is 0.240 e. The largest absolute Gasteiger partial charge is 0.497 e. The van der Waals surface area contributed by atoms with Crippen LogP contribution in [0, 0.1) is 5.92 Å². The fraction of sp³-hybridized carbons (Fsp3) is 0.438. The molecule has 1 aromatic heterocycles. The van der Waals surface area contributed by atoms with Crippen molar-refractivity contribution in [2.75, 3.05) is 31.6 Å². The summed E-state index contributed by atoms with van der Waals surface area (Å²) in [6.07, 6.45) is 3.86. The highest BCUT2D eigenvalue weighted by molar-refractivity contribution is 7.89. The number of rotatable bonds is 6. The van der Waals surface area contributed by atoms with Gasteiger partial charge in [-0.05, 0) is 30.9 Å². The van der Waals surface area contributed by atoms with Crippen molar-refractivity contribution in [2.24, 2.45) is 5.92 Å². The van der Waals surface area contributed by atoms with E-state index in [0.717, 1.165) is 31.1 Å². The van der Waals surface area contributed by atoms with Crippen molar-refractivity contribution in [3.8, 4) is 5.75 Å². The van der Waals surface area contributed by atoms with Gasteiger partial charge in [0.05, 0.1) is 12.0 Å². The first kappa shape index (κ1) is 17.2. The molecule has 2 heterocycles. The average Bonchev–Trinajstić information content (AvgIpc) is 3.15. The number of hydrogen-bond acceptors (Lipinski definition) is 6. The lowest BCUT2D eigenvalue weighted by Gasteiger charge is -2.32. The molecule has 24 heavy (non-hydrogen) atoms. The number of benzene rings is 1. The summed E-state index contributed by atoms with van der Waals surface area (Å²) < 4.78 is 32.8. The maximum Gasteiger partial charge on any atom is 0.240 e. The van der Waals surface area contributed by atoms with Crippen LogP contribution in [0.3, 0.4) is 0 Å². The Hall–Kier alpha value is -1.64. The Morgan fingerprint density at radius 1 is 1.46 bits per heavy atom. The summed E-state index contributed by atoms with van der Waals surface area (Å²) in [6.45, 7) is 2.24. The molecule has 0 radical (unpaired) electrons. The number of ether oxygens (including phenoxy) is 1. The molecule has 1 aromatic carbocycles. The molecule has 2 aromatic rings. The highest BCUT2D eigenvalue weighted by Crippen LogP contribution is 2.25. The average molecular weight is 367 g/mol. The molecule has 0 aliphatic carbocycles. The van der Waals surface area contributed by atoms with Crippen molar-refractivity contribution >= 4 is 26.5 Å². The molecule has 8 heteroatoms. The van der Waals surface area contributed by atoms with Crippen LogP contribution in [0.25, 0.3) is 0 Å². The molecule has 1 saturated heterocycles. The fourth-order valence-electron chi connectivity index (χ4n) is 2.86. The van der Waals surface area contributed by atoms with Crippen molar-refractivity contribution in [3.63, 3.8) is 0 Å². The predicted molar refractivity (Wildman–Crippen MR) is 95.2 cm³/mol.